The molecule has 0 saturated carbocycles. The van der Waals surface area contributed by atoms with Gasteiger partial charge in [0.15, 0.2) is 5.69 Å². The Morgan fingerprint density at radius 2 is 2.08 bits per heavy atom. The first-order valence-electron chi connectivity index (χ1n) is 7.54. The second-order valence-electron chi connectivity index (χ2n) is 6.53. The number of alkyl halides is 3. The van der Waals surface area contributed by atoms with Gasteiger partial charge in [-0.2, -0.15) is 18.3 Å². The van der Waals surface area contributed by atoms with Crippen LogP contribution < -0.4 is 5.32 Å². The Labute approximate surface area is 136 Å². The van der Waals surface area contributed by atoms with E-state index in [0.29, 0.717) is 13.0 Å². The lowest BCUT2D eigenvalue weighted by Gasteiger charge is -2.26. The normalized spacial score (nSPS) is 17.8. The fraction of sp³-hybridized carbons (Fsp3) is 0.533. The van der Waals surface area contributed by atoms with Crippen molar-refractivity contribution in [1.29, 1.82) is 0 Å². The molecule has 1 atom stereocenters. The maximum Gasteiger partial charge on any atom is 0.435 e. The van der Waals surface area contributed by atoms with E-state index in [9.17, 15) is 18.0 Å². The lowest BCUT2D eigenvalue weighted by atomic mass is 10.0. The number of halogens is 3. The van der Waals surface area contributed by atoms with Crippen LogP contribution in [0.4, 0.5) is 13.2 Å². The summed E-state index contributed by atoms with van der Waals surface area (Å²) in [5.41, 5.74) is -2.22. The predicted octanol–water partition coefficient (Wildman–Crippen LogP) is 1.88. The van der Waals surface area contributed by atoms with Gasteiger partial charge in [-0.1, -0.05) is 0 Å². The second kappa shape index (κ2) is 5.35. The van der Waals surface area contributed by atoms with Crippen LogP contribution in [0.2, 0.25) is 0 Å². The number of nitrogens with zero attached hydrogens (tertiary/aromatic N) is 4. The molecule has 0 saturated heterocycles. The zero-order valence-electron chi connectivity index (χ0n) is 13.6. The molecule has 0 fully saturated rings. The predicted molar refractivity (Wildman–Crippen MR) is 79.1 cm³/mol. The molecule has 3 heterocycles. The Bertz CT molecular complexity index is 754. The molecule has 130 valence electrons. The molecule has 2 aromatic rings. The number of hydrogen-bond donors (Lipinski definition) is 1. The van der Waals surface area contributed by atoms with Crippen LogP contribution in [0.3, 0.4) is 0 Å². The molecule has 0 aliphatic carbocycles. The van der Waals surface area contributed by atoms with E-state index in [2.05, 4.69) is 15.4 Å². The molecule has 24 heavy (non-hydrogen) atoms. The summed E-state index contributed by atoms with van der Waals surface area (Å²) in [5, 5.41) is 6.47. The minimum atomic E-state index is -4.54. The Hall–Kier alpha value is -2.32. The zero-order valence-corrected chi connectivity index (χ0v) is 13.6. The van der Waals surface area contributed by atoms with Crippen LogP contribution in [0.5, 0.6) is 0 Å². The van der Waals surface area contributed by atoms with E-state index < -0.39 is 17.4 Å². The molecule has 2 aromatic heterocycles. The summed E-state index contributed by atoms with van der Waals surface area (Å²) in [5.74, 6) is 0.502. The zero-order chi connectivity index (χ0) is 17.7. The number of imidazole rings is 1. The van der Waals surface area contributed by atoms with Gasteiger partial charge in [0.25, 0.3) is 0 Å². The smallest absolute Gasteiger partial charge is 0.349 e. The molecule has 0 radical (unpaired) electrons. The summed E-state index contributed by atoms with van der Waals surface area (Å²) < 4.78 is 41.7. The van der Waals surface area contributed by atoms with E-state index in [0.717, 1.165) is 10.5 Å². The van der Waals surface area contributed by atoms with E-state index in [1.807, 2.05) is 10.8 Å². The molecule has 0 spiro atoms. The van der Waals surface area contributed by atoms with Crippen molar-refractivity contribution in [2.45, 2.75) is 51.5 Å². The number of hydrogen-bond acceptors (Lipinski definition) is 3. The molecule has 6 nitrogen and oxygen atoms in total. The number of nitrogens with one attached hydrogen (secondary N) is 1. The summed E-state index contributed by atoms with van der Waals surface area (Å²) in [6.45, 7) is 5.02. The van der Waals surface area contributed by atoms with E-state index in [1.54, 1.807) is 20.0 Å². The van der Waals surface area contributed by atoms with Gasteiger partial charge in [-0.3, -0.25) is 9.48 Å². The van der Waals surface area contributed by atoms with Crippen molar-refractivity contribution in [3.05, 3.63) is 35.7 Å². The van der Waals surface area contributed by atoms with Gasteiger partial charge in [0.1, 0.15) is 11.4 Å². The van der Waals surface area contributed by atoms with Crippen LogP contribution in [-0.4, -0.2) is 31.3 Å². The minimum absolute atomic E-state index is 0.00984. The highest BCUT2D eigenvalue weighted by atomic mass is 19.4. The standard InChI is InChI=1S/C15H18F3N5O/c1-9-7-23(21-12(9)15(16,17)18)14(2,3)13(24)20-10-6-11-19-4-5-22(11)8-10/h4-5,7,10H,6,8H2,1-3H3,(H,20,24). The fourth-order valence-electron chi connectivity index (χ4n) is 2.81. The van der Waals surface area contributed by atoms with Crippen molar-refractivity contribution >= 4 is 5.91 Å². The first-order valence-corrected chi connectivity index (χ1v) is 7.54. The SMILES string of the molecule is Cc1cn(C(C)(C)C(=O)NC2Cc3nccn3C2)nc1C(F)(F)F. The molecular weight excluding hydrogens is 323 g/mol. The summed E-state index contributed by atoms with van der Waals surface area (Å²) >= 11 is 0. The highest BCUT2D eigenvalue weighted by Gasteiger charge is 2.40. The molecule has 1 aliphatic heterocycles. The van der Waals surface area contributed by atoms with Gasteiger partial charge in [0.2, 0.25) is 5.91 Å². The van der Waals surface area contributed by atoms with Gasteiger partial charge >= 0.3 is 6.18 Å². The summed E-state index contributed by atoms with van der Waals surface area (Å²) in [6, 6.07) is -0.126. The molecule has 1 aliphatic rings. The van der Waals surface area contributed by atoms with Crippen LogP contribution in [-0.2, 0) is 29.5 Å². The summed E-state index contributed by atoms with van der Waals surface area (Å²) in [7, 11) is 0. The van der Waals surface area contributed by atoms with E-state index >= 15 is 0 Å². The number of aryl methyl sites for hydroxylation is 1. The molecule has 1 unspecified atom stereocenters. The van der Waals surface area contributed by atoms with Crippen molar-refractivity contribution in [2.24, 2.45) is 0 Å². The maximum absolute atomic E-state index is 12.9. The largest absolute Gasteiger partial charge is 0.435 e. The van der Waals surface area contributed by atoms with Crippen LogP contribution in [0.15, 0.2) is 18.6 Å². The molecule has 0 aromatic carbocycles. The van der Waals surface area contributed by atoms with Crippen molar-refractivity contribution in [3.63, 3.8) is 0 Å². The molecule has 3 rings (SSSR count). The lowest BCUT2D eigenvalue weighted by Crippen LogP contribution is -2.49. The third-order valence-corrected chi connectivity index (χ3v) is 4.28. The number of amides is 1. The summed E-state index contributed by atoms with van der Waals surface area (Å²) in [6.07, 6.45) is 0.840. The number of carbonyl (C=O) groups excluding carboxylic acids is 1. The van der Waals surface area contributed by atoms with Crippen molar-refractivity contribution < 1.29 is 18.0 Å². The van der Waals surface area contributed by atoms with E-state index in [4.69, 9.17) is 0 Å². The van der Waals surface area contributed by atoms with Gasteiger partial charge in [0.05, 0.1) is 6.04 Å². The van der Waals surface area contributed by atoms with Crippen LogP contribution >= 0.6 is 0 Å². The summed E-state index contributed by atoms with van der Waals surface area (Å²) in [4.78, 5) is 16.8. The number of rotatable bonds is 3. The maximum atomic E-state index is 12.9. The van der Waals surface area contributed by atoms with Gasteiger partial charge in [-0.25, -0.2) is 4.98 Å². The molecule has 0 bridgehead atoms. The van der Waals surface area contributed by atoms with Crippen LogP contribution in [0.25, 0.3) is 0 Å². The lowest BCUT2D eigenvalue weighted by molar-refractivity contribution is -0.143. The van der Waals surface area contributed by atoms with Crippen molar-refractivity contribution in [3.8, 4) is 0 Å². The quantitative estimate of drug-likeness (QED) is 0.927. The average Bonchev–Trinajstić information content (AvgIpc) is 3.11. The Balaban J connectivity index is 1.75. The molecular formula is C15H18F3N5O. The third-order valence-electron chi connectivity index (χ3n) is 4.28. The molecule has 1 amide bonds. The van der Waals surface area contributed by atoms with Gasteiger partial charge in [0, 0.05) is 31.6 Å². The van der Waals surface area contributed by atoms with Gasteiger partial charge < -0.3 is 9.88 Å². The number of aromatic nitrogens is 4. The molecule has 9 heteroatoms. The van der Waals surface area contributed by atoms with Crippen LogP contribution in [0, 0.1) is 6.92 Å². The monoisotopic (exact) mass is 341 g/mol. The Morgan fingerprint density at radius 3 is 2.67 bits per heavy atom. The Kier molecular flexibility index (Phi) is 3.69. The Morgan fingerprint density at radius 1 is 1.38 bits per heavy atom. The number of fused-ring (bicyclic) bond motifs is 1. The molecule has 1 N–H and O–H groups in total. The van der Waals surface area contributed by atoms with Gasteiger partial charge in [-0.15, -0.1) is 0 Å². The first kappa shape index (κ1) is 16.5. The highest BCUT2D eigenvalue weighted by molar-refractivity contribution is 5.83. The highest BCUT2D eigenvalue weighted by Crippen LogP contribution is 2.31. The number of carbonyl (C=O) groups is 1. The van der Waals surface area contributed by atoms with Crippen molar-refractivity contribution in [2.75, 3.05) is 0 Å². The topological polar surface area (TPSA) is 64.7 Å². The van der Waals surface area contributed by atoms with E-state index in [-0.39, 0.29) is 17.5 Å². The minimum Gasteiger partial charge on any atom is -0.349 e. The van der Waals surface area contributed by atoms with Gasteiger partial charge in [-0.05, 0) is 26.3 Å². The third kappa shape index (κ3) is 2.78. The second-order valence-corrected chi connectivity index (χ2v) is 6.53. The van der Waals surface area contributed by atoms with Crippen molar-refractivity contribution in [1.82, 2.24) is 24.6 Å². The average molecular weight is 341 g/mol. The van der Waals surface area contributed by atoms with E-state index in [1.165, 1.54) is 13.1 Å². The first-order chi connectivity index (χ1) is 11.1. The fourth-order valence-corrected chi connectivity index (χ4v) is 2.81. The van der Waals surface area contributed by atoms with Crippen LogP contribution in [0.1, 0.15) is 30.9 Å².